The van der Waals surface area contributed by atoms with Gasteiger partial charge in [-0.2, -0.15) is 4.98 Å². The van der Waals surface area contributed by atoms with Crippen LogP contribution in [0.1, 0.15) is 18.4 Å². The molecule has 0 radical (unpaired) electrons. The van der Waals surface area contributed by atoms with Crippen LogP contribution in [0.25, 0.3) is 11.4 Å². The van der Waals surface area contributed by atoms with E-state index in [-0.39, 0.29) is 0 Å². The summed E-state index contributed by atoms with van der Waals surface area (Å²) in [4.78, 5) is 4.41. The Hall–Kier alpha value is -1.68. The van der Waals surface area contributed by atoms with Crippen molar-refractivity contribution in [1.29, 1.82) is 0 Å². The van der Waals surface area contributed by atoms with Crippen molar-refractivity contribution in [2.75, 3.05) is 7.05 Å². The second-order valence-electron chi connectivity index (χ2n) is 4.22. The monoisotopic (exact) mass is 231 g/mol. The van der Waals surface area contributed by atoms with Gasteiger partial charge in [0.1, 0.15) is 0 Å². The van der Waals surface area contributed by atoms with Gasteiger partial charge in [-0.25, -0.2) is 0 Å². The van der Waals surface area contributed by atoms with E-state index in [9.17, 15) is 0 Å². The largest absolute Gasteiger partial charge is 0.339 e. The molecule has 2 rings (SSSR count). The van der Waals surface area contributed by atoms with E-state index in [0.29, 0.717) is 17.8 Å². The van der Waals surface area contributed by atoms with E-state index in [1.54, 1.807) is 0 Å². The molecule has 1 aromatic carbocycles. The molecule has 2 aromatic rings. The minimum Gasteiger partial charge on any atom is -0.339 e. The van der Waals surface area contributed by atoms with Crippen molar-refractivity contribution >= 4 is 0 Å². The fourth-order valence-corrected chi connectivity index (χ4v) is 1.63. The number of aromatic nitrogens is 2. The van der Waals surface area contributed by atoms with Crippen LogP contribution < -0.4 is 5.32 Å². The Bertz CT molecular complexity index is 493. The molecule has 0 aliphatic rings. The van der Waals surface area contributed by atoms with Gasteiger partial charge in [-0.1, -0.05) is 29.4 Å². The topological polar surface area (TPSA) is 51.0 Å². The molecule has 0 saturated heterocycles. The molecule has 90 valence electrons. The van der Waals surface area contributed by atoms with Crippen LogP contribution in [0.3, 0.4) is 0 Å². The van der Waals surface area contributed by atoms with Crippen LogP contribution in [0.4, 0.5) is 0 Å². The minimum absolute atomic E-state index is 0.333. The third-order valence-electron chi connectivity index (χ3n) is 2.83. The van der Waals surface area contributed by atoms with Crippen molar-refractivity contribution in [3.8, 4) is 11.4 Å². The quantitative estimate of drug-likeness (QED) is 0.876. The van der Waals surface area contributed by atoms with E-state index < -0.39 is 0 Å². The second kappa shape index (κ2) is 5.10. The fourth-order valence-electron chi connectivity index (χ4n) is 1.63. The zero-order valence-electron chi connectivity index (χ0n) is 10.4. The highest BCUT2D eigenvalue weighted by atomic mass is 16.5. The Morgan fingerprint density at radius 2 is 2.12 bits per heavy atom. The lowest BCUT2D eigenvalue weighted by atomic mass is 10.1. The van der Waals surface area contributed by atoms with Gasteiger partial charge in [-0.3, -0.25) is 0 Å². The summed E-state index contributed by atoms with van der Waals surface area (Å²) >= 11 is 0. The Labute approximate surface area is 101 Å². The molecule has 0 fully saturated rings. The highest BCUT2D eigenvalue weighted by Crippen LogP contribution is 2.19. The van der Waals surface area contributed by atoms with E-state index in [4.69, 9.17) is 4.52 Å². The van der Waals surface area contributed by atoms with Gasteiger partial charge < -0.3 is 9.84 Å². The standard InChI is InChI=1S/C13H17N3O/c1-9-6-4-5-7-11(9)13-15-12(17-16-13)8-10(2)14-3/h4-7,10,14H,8H2,1-3H3. The highest BCUT2D eigenvalue weighted by molar-refractivity contribution is 5.58. The van der Waals surface area contributed by atoms with Crippen LogP contribution in [0.5, 0.6) is 0 Å². The van der Waals surface area contributed by atoms with Crippen molar-refractivity contribution < 1.29 is 4.52 Å². The summed E-state index contributed by atoms with van der Waals surface area (Å²) < 4.78 is 5.25. The molecule has 1 aromatic heterocycles. The minimum atomic E-state index is 0.333. The maximum absolute atomic E-state index is 5.25. The first kappa shape index (κ1) is 11.8. The molecule has 1 unspecified atom stereocenters. The maximum atomic E-state index is 5.25. The Kier molecular flexibility index (Phi) is 3.54. The van der Waals surface area contributed by atoms with E-state index in [2.05, 4.69) is 22.4 Å². The van der Waals surface area contributed by atoms with Crippen LogP contribution in [0.2, 0.25) is 0 Å². The van der Waals surface area contributed by atoms with Gasteiger partial charge in [0.2, 0.25) is 11.7 Å². The number of nitrogens with zero attached hydrogens (tertiary/aromatic N) is 2. The second-order valence-corrected chi connectivity index (χ2v) is 4.22. The number of rotatable bonds is 4. The summed E-state index contributed by atoms with van der Waals surface area (Å²) in [6.07, 6.45) is 0.745. The molecule has 1 heterocycles. The highest BCUT2D eigenvalue weighted by Gasteiger charge is 2.12. The molecular weight excluding hydrogens is 214 g/mol. The molecule has 17 heavy (non-hydrogen) atoms. The molecule has 0 spiro atoms. The molecule has 1 atom stereocenters. The first-order valence-corrected chi connectivity index (χ1v) is 5.76. The van der Waals surface area contributed by atoms with Gasteiger partial charge in [0.25, 0.3) is 0 Å². The van der Waals surface area contributed by atoms with Crippen LogP contribution in [0.15, 0.2) is 28.8 Å². The molecule has 4 nitrogen and oxygen atoms in total. The van der Waals surface area contributed by atoms with Crippen LogP contribution in [-0.2, 0) is 6.42 Å². The van der Waals surface area contributed by atoms with Crippen LogP contribution in [-0.4, -0.2) is 23.2 Å². The van der Waals surface area contributed by atoms with E-state index >= 15 is 0 Å². The molecule has 0 amide bonds. The number of nitrogens with one attached hydrogen (secondary N) is 1. The number of likely N-dealkylation sites (N-methyl/N-ethyl adjacent to an activating group) is 1. The van der Waals surface area contributed by atoms with E-state index in [1.807, 2.05) is 38.2 Å². The maximum Gasteiger partial charge on any atom is 0.228 e. The van der Waals surface area contributed by atoms with Gasteiger partial charge in [-0.05, 0) is 26.5 Å². The summed E-state index contributed by atoms with van der Waals surface area (Å²) in [5.41, 5.74) is 2.18. The Balaban J connectivity index is 2.21. The lowest BCUT2D eigenvalue weighted by Gasteiger charge is -2.04. The summed E-state index contributed by atoms with van der Waals surface area (Å²) in [5, 5.41) is 7.17. The predicted octanol–water partition coefficient (Wildman–Crippen LogP) is 2.20. The van der Waals surface area contributed by atoms with Gasteiger partial charge in [0, 0.05) is 18.0 Å². The fraction of sp³-hybridized carbons (Fsp3) is 0.385. The lowest BCUT2D eigenvalue weighted by Crippen LogP contribution is -2.23. The predicted molar refractivity (Wildman–Crippen MR) is 66.7 cm³/mol. The third kappa shape index (κ3) is 2.71. The van der Waals surface area contributed by atoms with E-state index in [0.717, 1.165) is 17.5 Å². The first-order valence-electron chi connectivity index (χ1n) is 5.76. The van der Waals surface area contributed by atoms with Crippen molar-refractivity contribution in [3.05, 3.63) is 35.7 Å². The van der Waals surface area contributed by atoms with E-state index in [1.165, 1.54) is 0 Å². The van der Waals surface area contributed by atoms with Crippen LogP contribution in [0, 0.1) is 6.92 Å². The Morgan fingerprint density at radius 1 is 1.35 bits per heavy atom. The first-order chi connectivity index (χ1) is 8.20. The number of hydrogen-bond donors (Lipinski definition) is 1. The normalized spacial score (nSPS) is 12.6. The van der Waals surface area contributed by atoms with Crippen LogP contribution >= 0.6 is 0 Å². The summed E-state index contributed by atoms with van der Waals surface area (Å²) in [5.74, 6) is 1.34. The van der Waals surface area contributed by atoms with Gasteiger partial charge in [-0.15, -0.1) is 0 Å². The Morgan fingerprint density at radius 3 is 2.82 bits per heavy atom. The molecule has 0 saturated carbocycles. The molecule has 0 bridgehead atoms. The SMILES string of the molecule is CNC(C)Cc1nc(-c2ccccc2C)no1. The zero-order chi connectivity index (χ0) is 12.3. The van der Waals surface area contributed by atoms with Crippen molar-refractivity contribution in [1.82, 2.24) is 15.5 Å². The average Bonchev–Trinajstić information content (AvgIpc) is 2.78. The smallest absolute Gasteiger partial charge is 0.228 e. The number of aryl methyl sites for hydroxylation is 1. The average molecular weight is 231 g/mol. The van der Waals surface area contributed by atoms with Gasteiger partial charge >= 0.3 is 0 Å². The number of hydrogen-bond acceptors (Lipinski definition) is 4. The number of benzene rings is 1. The third-order valence-corrected chi connectivity index (χ3v) is 2.83. The van der Waals surface area contributed by atoms with Gasteiger partial charge in [0.15, 0.2) is 0 Å². The molecular formula is C13H17N3O. The van der Waals surface area contributed by atoms with Gasteiger partial charge in [0.05, 0.1) is 0 Å². The molecule has 1 N–H and O–H groups in total. The van der Waals surface area contributed by atoms with Crippen molar-refractivity contribution in [2.24, 2.45) is 0 Å². The zero-order valence-corrected chi connectivity index (χ0v) is 10.4. The molecule has 4 heteroatoms. The lowest BCUT2D eigenvalue weighted by molar-refractivity contribution is 0.365. The van der Waals surface area contributed by atoms with Crippen molar-refractivity contribution in [3.63, 3.8) is 0 Å². The summed E-state index contributed by atoms with van der Waals surface area (Å²) in [6.45, 7) is 4.12. The summed E-state index contributed by atoms with van der Waals surface area (Å²) in [7, 11) is 1.92. The van der Waals surface area contributed by atoms with Crippen molar-refractivity contribution in [2.45, 2.75) is 26.3 Å². The molecule has 0 aliphatic carbocycles. The molecule has 0 aliphatic heterocycles. The summed E-state index contributed by atoms with van der Waals surface area (Å²) in [6, 6.07) is 8.37.